The average Bonchev–Trinajstić information content (AvgIpc) is 3.02. The van der Waals surface area contributed by atoms with E-state index in [2.05, 4.69) is 64.3 Å². The van der Waals surface area contributed by atoms with E-state index in [1.165, 1.54) is 58.0 Å². The standard InChI is InChI=1S/C35H47N5O/c1-26(27-11-5-3-6-12-27)36-35(41)33-30-15-9-10-16-32(30)37-34(28-13-7-4-8-14-28)31(33)25-39-21-23-40(24-22-39)29-17-19-38(2)20-18-29/h4,7-10,13-16,26-27,29H,3,5-6,11-12,17-25H2,1-2H3,(H,36,41). The zero-order valence-corrected chi connectivity index (χ0v) is 25.0. The van der Waals surface area contributed by atoms with Crippen LogP contribution in [0.5, 0.6) is 0 Å². The third-order valence-corrected chi connectivity index (χ3v) is 9.98. The molecule has 3 aliphatic rings. The molecule has 1 saturated carbocycles. The normalized spacial score (nSPS) is 21.2. The smallest absolute Gasteiger partial charge is 0.252 e. The third kappa shape index (κ3) is 6.50. The number of rotatable bonds is 7. The lowest BCUT2D eigenvalue weighted by atomic mass is 9.84. The van der Waals surface area contributed by atoms with E-state index in [1.807, 2.05) is 24.3 Å². The fraction of sp³-hybridized carbons (Fsp3) is 0.543. The molecule has 0 radical (unpaired) electrons. The number of nitrogens with one attached hydrogen (secondary N) is 1. The second-order valence-corrected chi connectivity index (χ2v) is 12.7. The average molecular weight is 554 g/mol. The van der Waals surface area contributed by atoms with Gasteiger partial charge in [-0.3, -0.25) is 14.6 Å². The van der Waals surface area contributed by atoms with Gasteiger partial charge < -0.3 is 10.2 Å². The van der Waals surface area contributed by atoms with Crippen LogP contribution in [0.2, 0.25) is 0 Å². The number of benzene rings is 2. The van der Waals surface area contributed by atoms with Crippen molar-refractivity contribution in [2.75, 3.05) is 46.3 Å². The number of carbonyl (C=O) groups is 1. The molecule has 6 rings (SSSR count). The van der Waals surface area contributed by atoms with Gasteiger partial charge in [-0.05, 0) is 64.7 Å². The van der Waals surface area contributed by atoms with Gasteiger partial charge in [0.1, 0.15) is 0 Å². The molecule has 3 aromatic rings. The molecule has 1 aromatic heterocycles. The van der Waals surface area contributed by atoms with Crippen molar-refractivity contribution in [3.63, 3.8) is 0 Å². The van der Waals surface area contributed by atoms with Crippen molar-refractivity contribution in [3.05, 3.63) is 65.7 Å². The number of hydrogen-bond acceptors (Lipinski definition) is 5. The van der Waals surface area contributed by atoms with Gasteiger partial charge >= 0.3 is 0 Å². The Labute approximate surface area is 246 Å². The van der Waals surface area contributed by atoms with E-state index < -0.39 is 0 Å². The maximum Gasteiger partial charge on any atom is 0.252 e. The number of fused-ring (bicyclic) bond motifs is 1. The molecule has 1 N–H and O–H groups in total. The first-order valence-corrected chi connectivity index (χ1v) is 16.0. The highest BCUT2D eigenvalue weighted by atomic mass is 16.1. The lowest BCUT2D eigenvalue weighted by Gasteiger charge is -2.42. The van der Waals surface area contributed by atoms with Crippen LogP contribution in [-0.4, -0.2) is 84.0 Å². The van der Waals surface area contributed by atoms with Gasteiger partial charge in [0.25, 0.3) is 5.91 Å². The fourth-order valence-electron chi connectivity index (χ4n) is 7.40. The molecule has 2 aliphatic heterocycles. The highest BCUT2D eigenvalue weighted by Gasteiger charge is 2.30. The number of para-hydroxylation sites is 1. The number of pyridine rings is 1. The molecule has 41 heavy (non-hydrogen) atoms. The molecule has 0 bridgehead atoms. The van der Waals surface area contributed by atoms with E-state index >= 15 is 0 Å². The Morgan fingerprint density at radius 3 is 2.29 bits per heavy atom. The van der Waals surface area contributed by atoms with Crippen molar-refractivity contribution >= 4 is 16.8 Å². The summed E-state index contributed by atoms with van der Waals surface area (Å²) in [6.45, 7) is 9.57. The fourth-order valence-corrected chi connectivity index (χ4v) is 7.40. The Morgan fingerprint density at radius 1 is 0.878 bits per heavy atom. The van der Waals surface area contributed by atoms with Crippen LogP contribution in [0.25, 0.3) is 22.2 Å². The number of hydrogen-bond donors (Lipinski definition) is 1. The Kier molecular flexibility index (Phi) is 8.99. The molecule has 0 spiro atoms. The van der Waals surface area contributed by atoms with E-state index in [0.717, 1.165) is 66.0 Å². The predicted octanol–water partition coefficient (Wildman–Crippen LogP) is 5.81. The van der Waals surface area contributed by atoms with Gasteiger partial charge in [0.2, 0.25) is 0 Å². The van der Waals surface area contributed by atoms with E-state index in [4.69, 9.17) is 4.98 Å². The topological polar surface area (TPSA) is 51.7 Å². The van der Waals surface area contributed by atoms with Crippen LogP contribution >= 0.6 is 0 Å². The monoisotopic (exact) mass is 553 g/mol. The summed E-state index contributed by atoms with van der Waals surface area (Å²) >= 11 is 0. The van der Waals surface area contributed by atoms with Crippen LogP contribution < -0.4 is 5.32 Å². The first-order valence-electron chi connectivity index (χ1n) is 16.0. The number of piperazine rings is 1. The molecular weight excluding hydrogens is 506 g/mol. The molecule has 218 valence electrons. The van der Waals surface area contributed by atoms with Crippen molar-refractivity contribution in [1.82, 2.24) is 25.0 Å². The van der Waals surface area contributed by atoms with Gasteiger partial charge in [-0.1, -0.05) is 67.8 Å². The van der Waals surface area contributed by atoms with Crippen LogP contribution in [-0.2, 0) is 6.54 Å². The Hall–Kier alpha value is -2.80. The number of nitrogens with zero attached hydrogens (tertiary/aromatic N) is 4. The quantitative estimate of drug-likeness (QED) is 0.400. The summed E-state index contributed by atoms with van der Waals surface area (Å²) in [5, 5.41) is 4.43. The van der Waals surface area contributed by atoms with Crippen molar-refractivity contribution in [2.24, 2.45) is 5.92 Å². The van der Waals surface area contributed by atoms with Crippen LogP contribution in [0.1, 0.15) is 67.8 Å². The predicted molar refractivity (Wildman–Crippen MR) is 168 cm³/mol. The van der Waals surface area contributed by atoms with E-state index in [-0.39, 0.29) is 11.9 Å². The maximum atomic E-state index is 14.3. The maximum absolute atomic E-state index is 14.3. The zero-order valence-electron chi connectivity index (χ0n) is 25.0. The molecule has 6 heteroatoms. The molecule has 2 saturated heterocycles. The summed E-state index contributed by atoms with van der Waals surface area (Å²) in [6.07, 6.45) is 8.83. The molecule has 3 heterocycles. The molecule has 1 atom stereocenters. The first-order chi connectivity index (χ1) is 20.1. The van der Waals surface area contributed by atoms with Crippen molar-refractivity contribution in [2.45, 2.75) is 70.5 Å². The van der Waals surface area contributed by atoms with E-state index in [0.29, 0.717) is 12.0 Å². The second kappa shape index (κ2) is 13.0. The van der Waals surface area contributed by atoms with Crippen molar-refractivity contribution < 1.29 is 4.79 Å². The summed E-state index contributed by atoms with van der Waals surface area (Å²) in [6, 6.07) is 19.5. The molecule has 6 nitrogen and oxygen atoms in total. The van der Waals surface area contributed by atoms with Gasteiger partial charge in [-0.2, -0.15) is 0 Å². The lowest BCUT2D eigenvalue weighted by molar-refractivity contribution is 0.0617. The van der Waals surface area contributed by atoms with Gasteiger partial charge in [-0.15, -0.1) is 0 Å². The highest BCUT2D eigenvalue weighted by molar-refractivity contribution is 6.09. The summed E-state index contributed by atoms with van der Waals surface area (Å²) in [5.74, 6) is 0.615. The van der Waals surface area contributed by atoms with Crippen LogP contribution in [0.4, 0.5) is 0 Å². The van der Waals surface area contributed by atoms with Gasteiger partial charge in [-0.25, -0.2) is 4.98 Å². The minimum absolute atomic E-state index is 0.0545. The molecule has 3 fully saturated rings. The summed E-state index contributed by atoms with van der Waals surface area (Å²) in [7, 11) is 2.24. The van der Waals surface area contributed by atoms with Crippen molar-refractivity contribution in [1.29, 1.82) is 0 Å². The summed E-state index contributed by atoms with van der Waals surface area (Å²) in [4.78, 5) is 27.2. The number of carbonyl (C=O) groups excluding carboxylic acids is 1. The molecule has 1 unspecified atom stereocenters. The number of likely N-dealkylation sites (tertiary alicyclic amines) is 1. The number of piperidine rings is 1. The van der Waals surface area contributed by atoms with Gasteiger partial charge in [0.15, 0.2) is 0 Å². The van der Waals surface area contributed by atoms with Gasteiger partial charge in [0.05, 0.1) is 16.8 Å². The first kappa shape index (κ1) is 28.3. The van der Waals surface area contributed by atoms with Gasteiger partial charge in [0, 0.05) is 61.3 Å². The Morgan fingerprint density at radius 2 is 1.56 bits per heavy atom. The summed E-state index contributed by atoms with van der Waals surface area (Å²) in [5.41, 5.74) is 4.79. The second-order valence-electron chi connectivity index (χ2n) is 12.7. The van der Waals surface area contributed by atoms with Crippen LogP contribution in [0.3, 0.4) is 0 Å². The minimum atomic E-state index is 0.0545. The van der Waals surface area contributed by atoms with Crippen LogP contribution in [0.15, 0.2) is 54.6 Å². The SMILES string of the molecule is CC(NC(=O)c1c(CN2CCN(C3CCN(C)CC3)CC2)c(-c2ccccc2)nc2ccccc12)C1CCCCC1. The number of amides is 1. The zero-order chi connectivity index (χ0) is 28.2. The lowest BCUT2D eigenvalue weighted by Crippen LogP contribution is -2.52. The van der Waals surface area contributed by atoms with E-state index in [1.54, 1.807) is 0 Å². The van der Waals surface area contributed by atoms with E-state index in [9.17, 15) is 4.79 Å². The number of aromatic nitrogens is 1. The van der Waals surface area contributed by atoms with Crippen LogP contribution in [0, 0.1) is 5.92 Å². The summed E-state index contributed by atoms with van der Waals surface area (Å²) < 4.78 is 0. The largest absolute Gasteiger partial charge is 0.349 e. The minimum Gasteiger partial charge on any atom is -0.349 e. The molecular formula is C35H47N5O. The highest BCUT2D eigenvalue weighted by Crippen LogP contribution is 2.33. The molecule has 1 aliphatic carbocycles. The van der Waals surface area contributed by atoms with Crippen molar-refractivity contribution in [3.8, 4) is 11.3 Å². The Bertz CT molecular complexity index is 1300. The Balaban J connectivity index is 1.31. The molecule has 1 amide bonds. The molecule has 2 aromatic carbocycles. The third-order valence-electron chi connectivity index (χ3n) is 9.98.